The number of rotatable bonds is 9. The van der Waals surface area contributed by atoms with Crippen molar-refractivity contribution in [1.29, 1.82) is 0 Å². The van der Waals surface area contributed by atoms with Crippen molar-refractivity contribution < 1.29 is 9.59 Å². The summed E-state index contributed by atoms with van der Waals surface area (Å²) < 4.78 is 0. The van der Waals surface area contributed by atoms with Crippen LogP contribution in [0.3, 0.4) is 0 Å². The zero-order chi connectivity index (χ0) is 18.4. The maximum Gasteiger partial charge on any atom is 0.261 e. The first kappa shape index (κ1) is 18.6. The molecule has 1 aromatic heterocycles. The summed E-state index contributed by atoms with van der Waals surface area (Å²) in [5, 5.41) is 4.78. The predicted octanol–water partition coefficient (Wildman–Crippen LogP) is 4.09. The summed E-state index contributed by atoms with van der Waals surface area (Å²) in [5.74, 6) is 0.764. The molecule has 5 heteroatoms. The average Bonchev–Trinajstić information content (AvgIpc) is 3.37. The molecule has 1 saturated carbocycles. The first-order valence-corrected chi connectivity index (χ1v) is 10.2. The number of thiophene rings is 1. The van der Waals surface area contributed by atoms with E-state index in [-0.39, 0.29) is 17.9 Å². The molecular formula is C21H26N2O2S. The molecule has 2 amide bonds. The van der Waals surface area contributed by atoms with Gasteiger partial charge in [-0.15, -0.1) is 11.3 Å². The van der Waals surface area contributed by atoms with Crippen LogP contribution < -0.4 is 5.32 Å². The highest BCUT2D eigenvalue weighted by atomic mass is 32.1. The van der Waals surface area contributed by atoms with Gasteiger partial charge in [0.25, 0.3) is 5.91 Å². The van der Waals surface area contributed by atoms with Crippen LogP contribution in [0.2, 0.25) is 0 Å². The Hall–Kier alpha value is -2.14. The summed E-state index contributed by atoms with van der Waals surface area (Å²) >= 11 is 1.43. The molecule has 0 bridgehead atoms. The van der Waals surface area contributed by atoms with Crippen LogP contribution in [-0.4, -0.2) is 29.3 Å². The maximum atomic E-state index is 12.8. The van der Waals surface area contributed by atoms with E-state index in [1.165, 1.54) is 29.7 Å². The second-order valence-electron chi connectivity index (χ2n) is 6.92. The van der Waals surface area contributed by atoms with Gasteiger partial charge >= 0.3 is 0 Å². The van der Waals surface area contributed by atoms with Gasteiger partial charge in [0, 0.05) is 25.6 Å². The van der Waals surface area contributed by atoms with Crippen molar-refractivity contribution in [3.05, 3.63) is 58.3 Å². The topological polar surface area (TPSA) is 49.4 Å². The largest absolute Gasteiger partial charge is 0.351 e. The Morgan fingerprint density at radius 3 is 2.62 bits per heavy atom. The Morgan fingerprint density at radius 2 is 1.96 bits per heavy atom. The van der Waals surface area contributed by atoms with Gasteiger partial charge in [0.1, 0.15) is 0 Å². The van der Waals surface area contributed by atoms with Crippen LogP contribution in [0.25, 0.3) is 0 Å². The van der Waals surface area contributed by atoms with Crippen molar-refractivity contribution in [3.63, 3.8) is 0 Å². The Balaban J connectivity index is 1.49. The number of benzene rings is 1. The van der Waals surface area contributed by atoms with Gasteiger partial charge in [-0.2, -0.15) is 0 Å². The first-order valence-electron chi connectivity index (χ1n) is 9.30. The summed E-state index contributed by atoms with van der Waals surface area (Å²) in [4.78, 5) is 27.5. The maximum absolute atomic E-state index is 12.8. The van der Waals surface area contributed by atoms with E-state index < -0.39 is 0 Å². The lowest BCUT2D eigenvalue weighted by Gasteiger charge is -2.30. The van der Waals surface area contributed by atoms with E-state index in [4.69, 9.17) is 0 Å². The third-order valence-corrected chi connectivity index (χ3v) is 5.78. The minimum atomic E-state index is -0.0556. The summed E-state index contributed by atoms with van der Waals surface area (Å²) in [5.41, 5.74) is 1.17. The van der Waals surface area contributed by atoms with Gasteiger partial charge < -0.3 is 10.2 Å². The molecule has 1 aliphatic carbocycles. The second-order valence-corrected chi connectivity index (χ2v) is 7.87. The van der Waals surface area contributed by atoms with E-state index in [0.717, 1.165) is 0 Å². The summed E-state index contributed by atoms with van der Waals surface area (Å²) in [6, 6.07) is 14.1. The van der Waals surface area contributed by atoms with Crippen LogP contribution in [0.4, 0.5) is 0 Å². The minimum Gasteiger partial charge on any atom is -0.351 e. The van der Waals surface area contributed by atoms with E-state index in [1.807, 2.05) is 40.6 Å². The van der Waals surface area contributed by atoms with Gasteiger partial charge in [-0.3, -0.25) is 9.59 Å². The molecular weight excluding hydrogens is 344 g/mol. The molecule has 138 valence electrons. The highest BCUT2D eigenvalue weighted by Crippen LogP contribution is 2.36. The molecule has 1 heterocycles. The predicted molar refractivity (Wildman–Crippen MR) is 105 cm³/mol. The molecule has 1 atom stereocenters. The fourth-order valence-electron chi connectivity index (χ4n) is 3.15. The van der Waals surface area contributed by atoms with Gasteiger partial charge in [-0.25, -0.2) is 0 Å². The number of carbonyl (C=O) groups is 2. The lowest BCUT2D eigenvalue weighted by atomic mass is 10.1. The van der Waals surface area contributed by atoms with Crippen molar-refractivity contribution >= 4 is 23.2 Å². The van der Waals surface area contributed by atoms with Gasteiger partial charge in [-0.05, 0) is 49.1 Å². The van der Waals surface area contributed by atoms with Crippen molar-refractivity contribution in [1.82, 2.24) is 10.2 Å². The van der Waals surface area contributed by atoms with Crippen LogP contribution in [0, 0.1) is 5.92 Å². The fraction of sp³-hybridized carbons (Fsp3) is 0.429. The van der Waals surface area contributed by atoms with Crippen molar-refractivity contribution in [2.45, 2.75) is 45.2 Å². The number of carbonyl (C=O) groups excluding carboxylic acids is 2. The molecule has 26 heavy (non-hydrogen) atoms. The monoisotopic (exact) mass is 370 g/mol. The smallest absolute Gasteiger partial charge is 0.261 e. The van der Waals surface area contributed by atoms with E-state index in [1.54, 1.807) is 0 Å². The third-order valence-electron chi connectivity index (χ3n) is 4.91. The van der Waals surface area contributed by atoms with Crippen molar-refractivity contribution in [2.24, 2.45) is 5.92 Å². The first-order chi connectivity index (χ1) is 12.6. The molecule has 4 nitrogen and oxygen atoms in total. The highest BCUT2D eigenvalue weighted by Gasteiger charge is 2.34. The Labute approximate surface area is 159 Å². The minimum absolute atomic E-state index is 0.0556. The van der Waals surface area contributed by atoms with Crippen LogP contribution >= 0.6 is 11.3 Å². The normalized spacial score (nSPS) is 14.7. The average molecular weight is 371 g/mol. The number of hydrogen-bond acceptors (Lipinski definition) is 3. The Bertz CT molecular complexity index is 711. The number of nitrogens with zero attached hydrogens (tertiary/aromatic N) is 1. The third kappa shape index (κ3) is 5.18. The lowest BCUT2D eigenvalue weighted by Crippen LogP contribution is -2.39. The van der Waals surface area contributed by atoms with Gasteiger partial charge in [0.2, 0.25) is 5.91 Å². The van der Waals surface area contributed by atoms with E-state index >= 15 is 0 Å². The fourth-order valence-corrected chi connectivity index (χ4v) is 3.79. The summed E-state index contributed by atoms with van der Waals surface area (Å²) in [7, 11) is 0. The standard InChI is InChI=1S/C21H26N2O2S/c1-16(18-11-12-18)23(15-17-7-3-2-4-8-17)20(24)10-5-13-22-21(25)19-9-6-14-26-19/h2-4,6-9,14,16,18H,5,10-13,15H2,1H3,(H,22,25). The number of hydrogen-bond donors (Lipinski definition) is 1. The van der Waals surface area contributed by atoms with E-state index in [0.29, 0.717) is 36.7 Å². The number of amides is 2. The lowest BCUT2D eigenvalue weighted by molar-refractivity contribution is -0.134. The summed E-state index contributed by atoms with van der Waals surface area (Å²) in [6.07, 6.45) is 3.57. The molecule has 2 aromatic rings. The Kier molecular flexibility index (Phi) is 6.45. The van der Waals surface area contributed by atoms with Crippen LogP contribution in [-0.2, 0) is 11.3 Å². The molecule has 0 radical (unpaired) electrons. The SMILES string of the molecule is CC(C1CC1)N(Cc1ccccc1)C(=O)CCCNC(=O)c1cccs1. The zero-order valence-corrected chi connectivity index (χ0v) is 16.0. The van der Waals surface area contributed by atoms with Crippen molar-refractivity contribution in [3.8, 4) is 0 Å². The molecule has 1 fully saturated rings. The van der Waals surface area contributed by atoms with Gasteiger partial charge in [-0.1, -0.05) is 36.4 Å². The second kappa shape index (κ2) is 8.99. The molecule has 0 spiro atoms. The van der Waals surface area contributed by atoms with Crippen LogP contribution in [0.1, 0.15) is 47.8 Å². The van der Waals surface area contributed by atoms with Crippen molar-refractivity contribution in [2.75, 3.05) is 6.54 Å². The highest BCUT2D eigenvalue weighted by molar-refractivity contribution is 7.12. The molecule has 0 aliphatic heterocycles. The molecule has 1 unspecified atom stereocenters. The van der Waals surface area contributed by atoms with E-state index in [9.17, 15) is 9.59 Å². The quantitative estimate of drug-likeness (QED) is 0.676. The van der Waals surface area contributed by atoms with Crippen LogP contribution in [0.15, 0.2) is 47.8 Å². The molecule has 1 aliphatic rings. The Morgan fingerprint density at radius 1 is 1.19 bits per heavy atom. The van der Waals surface area contributed by atoms with E-state index in [2.05, 4.69) is 24.4 Å². The number of nitrogens with one attached hydrogen (secondary N) is 1. The van der Waals surface area contributed by atoms with Gasteiger partial charge in [0.15, 0.2) is 0 Å². The zero-order valence-electron chi connectivity index (χ0n) is 15.2. The summed E-state index contributed by atoms with van der Waals surface area (Å²) in [6.45, 7) is 3.36. The van der Waals surface area contributed by atoms with Crippen LogP contribution in [0.5, 0.6) is 0 Å². The molecule has 1 N–H and O–H groups in total. The molecule has 3 rings (SSSR count). The molecule has 0 saturated heterocycles. The van der Waals surface area contributed by atoms with Gasteiger partial charge in [0.05, 0.1) is 4.88 Å². The molecule has 1 aromatic carbocycles.